The third kappa shape index (κ3) is 3.88. The Bertz CT molecular complexity index is 906. The highest BCUT2D eigenvalue weighted by atomic mass is 16.5. The van der Waals surface area contributed by atoms with Gasteiger partial charge in [0.2, 0.25) is 11.6 Å². The van der Waals surface area contributed by atoms with Gasteiger partial charge in [-0.3, -0.25) is 14.4 Å². The number of likely N-dealkylation sites (N-methyl/N-ethyl adjacent to an activating group) is 1. The number of amides is 1. The third-order valence-electron chi connectivity index (χ3n) is 4.99. The van der Waals surface area contributed by atoms with Crippen LogP contribution < -0.4 is 9.47 Å². The van der Waals surface area contributed by atoms with Gasteiger partial charge in [-0.05, 0) is 43.9 Å². The van der Waals surface area contributed by atoms with Gasteiger partial charge in [-0.25, -0.2) is 0 Å². The molecule has 2 aromatic rings. The fourth-order valence-corrected chi connectivity index (χ4v) is 3.52. The number of ketones is 2. The average molecular weight is 400 g/mol. The summed E-state index contributed by atoms with van der Waals surface area (Å²) in [6, 6.07) is 7.44. The number of carbonyl (C=O) groups excluding carboxylic acids is 3. The van der Waals surface area contributed by atoms with Gasteiger partial charge in [-0.1, -0.05) is 6.07 Å². The summed E-state index contributed by atoms with van der Waals surface area (Å²) in [5.74, 6) is -2.08. The standard InChI is InChI=1S/C21H24N2O6/c1-22(2)9-10-23-18(13-7-8-14(27-3)16(12-13)28-4)17(20(25)21(23)26)19(24)15-6-5-11-29-15/h5-8,11-12,17-18H,9-10H2,1-4H3. The Kier molecular flexibility index (Phi) is 6.03. The van der Waals surface area contributed by atoms with Crippen molar-refractivity contribution in [1.29, 1.82) is 0 Å². The molecule has 2 unspecified atom stereocenters. The van der Waals surface area contributed by atoms with E-state index in [2.05, 4.69) is 0 Å². The van der Waals surface area contributed by atoms with E-state index in [1.807, 2.05) is 19.0 Å². The Morgan fingerprint density at radius 3 is 2.45 bits per heavy atom. The molecule has 8 nitrogen and oxygen atoms in total. The van der Waals surface area contributed by atoms with Gasteiger partial charge < -0.3 is 23.7 Å². The van der Waals surface area contributed by atoms with E-state index in [1.165, 1.54) is 31.4 Å². The molecular formula is C21H24N2O6. The normalized spacial score (nSPS) is 19.1. The molecule has 1 aromatic carbocycles. The molecule has 0 saturated carbocycles. The Balaban J connectivity index is 2.07. The molecule has 1 saturated heterocycles. The highest BCUT2D eigenvalue weighted by molar-refractivity contribution is 6.43. The number of Topliss-reactive ketones (excluding diaryl/α,β-unsaturated/α-hetero) is 2. The van der Waals surface area contributed by atoms with Crippen LogP contribution in [-0.2, 0) is 9.59 Å². The molecule has 2 atom stereocenters. The zero-order valence-electron chi connectivity index (χ0n) is 16.9. The van der Waals surface area contributed by atoms with Crippen molar-refractivity contribution in [2.45, 2.75) is 6.04 Å². The average Bonchev–Trinajstić information content (AvgIpc) is 3.33. The van der Waals surface area contributed by atoms with Crippen LogP contribution in [0.3, 0.4) is 0 Å². The van der Waals surface area contributed by atoms with Crippen LogP contribution in [-0.4, -0.2) is 68.7 Å². The molecule has 29 heavy (non-hydrogen) atoms. The van der Waals surface area contributed by atoms with E-state index in [9.17, 15) is 14.4 Å². The van der Waals surface area contributed by atoms with Gasteiger partial charge in [-0.15, -0.1) is 0 Å². The van der Waals surface area contributed by atoms with Crippen LogP contribution in [0.1, 0.15) is 22.2 Å². The van der Waals surface area contributed by atoms with E-state index in [1.54, 1.807) is 24.3 Å². The second kappa shape index (κ2) is 8.48. The lowest BCUT2D eigenvalue weighted by atomic mass is 9.88. The van der Waals surface area contributed by atoms with Crippen LogP contribution in [0.15, 0.2) is 41.0 Å². The minimum atomic E-state index is -1.19. The summed E-state index contributed by atoms with van der Waals surface area (Å²) < 4.78 is 15.8. The molecule has 1 aromatic heterocycles. The number of carbonyl (C=O) groups is 3. The van der Waals surface area contributed by atoms with Gasteiger partial charge in [0, 0.05) is 13.1 Å². The van der Waals surface area contributed by atoms with Crippen molar-refractivity contribution in [3.8, 4) is 11.5 Å². The summed E-state index contributed by atoms with van der Waals surface area (Å²) in [7, 11) is 6.77. The first kappa shape index (κ1) is 20.6. The molecule has 0 aliphatic carbocycles. The van der Waals surface area contributed by atoms with Crippen molar-refractivity contribution in [3.63, 3.8) is 0 Å². The van der Waals surface area contributed by atoms with Crippen molar-refractivity contribution >= 4 is 17.5 Å². The summed E-state index contributed by atoms with van der Waals surface area (Å²) >= 11 is 0. The monoisotopic (exact) mass is 400 g/mol. The van der Waals surface area contributed by atoms with E-state index >= 15 is 0 Å². The maximum atomic E-state index is 13.0. The van der Waals surface area contributed by atoms with Crippen molar-refractivity contribution in [2.75, 3.05) is 41.4 Å². The summed E-state index contributed by atoms with van der Waals surface area (Å²) in [4.78, 5) is 42.0. The molecule has 3 rings (SSSR count). The molecular weight excluding hydrogens is 376 g/mol. The van der Waals surface area contributed by atoms with Crippen LogP contribution in [0, 0.1) is 5.92 Å². The Hall–Kier alpha value is -3.13. The highest BCUT2D eigenvalue weighted by Gasteiger charge is 2.52. The van der Waals surface area contributed by atoms with Gasteiger partial charge in [0.15, 0.2) is 17.3 Å². The first-order valence-electron chi connectivity index (χ1n) is 9.18. The highest BCUT2D eigenvalue weighted by Crippen LogP contribution is 2.41. The molecule has 1 fully saturated rings. The van der Waals surface area contributed by atoms with Crippen LogP contribution in [0.4, 0.5) is 0 Å². The molecule has 2 heterocycles. The van der Waals surface area contributed by atoms with Gasteiger partial charge in [0.25, 0.3) is 5.91 Å². The number of furan rings is 1. The van der Waals surface area contributed by atoms with Crippen molar-refractivity contribution in [2.24, 2.45) is 5.92 Å². The van der Waals surface area contributed by atoms with Crippen molar-refractivity contribution < 1.29 is 28.3 Å². The van der Waals surface area contributed by atoms with E-state index in [0.29, 0.717) is 30.2 Å². The van der Waals surface area contributed by atoms with E-state index in [-0.39, 0.29) is 5.76 Å². The number of ether oxygens (including phenoxy) is 2. The minimum Gasteiger partial charge on any atom is -0.493 e. The number of nitrogens with zero attached hydrogens (tertiary/aromatic N) is 2. The van der Waals surface area contributed by atoms with Crippen molar-refractivity contribution in [1.82, 2.24) is 9.80 Å². The van der Waals surface area contributed by atoms with Crippen LogP contribution in [0.25, 0.3) is 0 Å². The van der Waals surface area contributed by atoms with Gasteiger partial charge in [0.1, 0.15) is 5.92 Å². The number of rotatable bonds is 8. The smallest absolute Gasteiger partial charge is 0.291 e. The molecule has 0 radical (unpaired) electrons. The number of benzene rings is 1. The Labute approximate surface area is 169 Å². The summed E-state index contributed by atoms with van der Waals surface area (Å²) in [5, 5.41) is 0. The van der Waals surface area contributed by atoms with Gasteiger partial charge >= 0.3 is 0 Å². The SMILES string of the molecule is COc1ccc(C2C(C(=O)c3ccco3)C(=O)C(=O)N2CCN(C)C)cc1OC. The first-order valence-corrected chi connectivity index (χ1v) is 9.18. The van der Waals surface area contributed by atoms with E-state index in [0.717, 1.165) is 0 Å². The Morgan fingerprint density at radius 1 is 1.14 bits per heavy atom. The fourth-order valence-electron chi connectivity index (χ4n) is 3.52. The maximum Gasteiger partial charge on any atom is 0.291 e. The number of likely N-dealkylation sites (tertiary alicyclic amines) is 1. The lowest BCUT2D eigenvalue weighted by Crippen LogP contribution is -2.36. The second-order valence-electron chi connectivity index (χ2n) is 7.04. The van der Waals surface area contributed by atoms with Crippen molar-refractivity contribution in [3.05, 3.63) is 47.9 Å². The maximum absolute atomic E-state index is 13.0. The lowest BCUT2D eigenvalue weighted by Gasteiger charge is -2.28. The molecule has 1 aliphatic heterocycles. The molecule has 1 amide bonds. The summed E-state index contributed by atoms with van der Waals surface area (Å²) in [6.45, 7) is 0.850. The van der Waals surface area contributed by atoms with E-state index in [4.69, 9.17) is 13.9 Å². The summed E-state index contributed by atoms with van der Waals surface area (Å²) in [5.41, 5.74) is 0.616. The molecule has 0 bridgehead atoms. The third-order valence-corrected chi connectivity index (χ3v) is 4.99. The second-order valence-corrected chi connectivity index (χ2v) is 7.04. The molecule has 0 spiro atoms. The number of hydrogen-bond donors (Lipinski definition) is 0. The zero-order valence-corrected chi connectivity index (χ0v) is 16.9. The molecule has 8 heteroatoms. The number of methoxy groups -OCH3 is 2. The fraction of sp³-hybridized carbons (Fsp3) is 0.381. The zero-order chi connectivity index (χ0) is 21.1. The molecule has 154 valence electrons. The molecule has 0 N–H and O–H groups in total. The van der Waals surface area contributed by atoms with E-state index < -0.39 is 29.4 Å². The minimum absolute atomic E-state index is 0.0519. The van der Waals surface area contributed by atoms with Gasteiger partial charge in [-0.2, -0.15) is 0 Å². The van der Waals surface area contributed by atoms with Crippen LogP contribution >= 0.6 is 0 Å². The van der Waals surface area contributed by atoms with Crippen LogP contribution in [0.5, 0.6) is 11.5 Å². The first-order chi connectivity index (χ1) is 13.9. The predicted molar refractivity (Wildman–Crippen MR) is 104 cm³/mol. The van der Waals surface area contributed by atoms with Gasteiger partial charge in [0.05, 0.1) is 26.5 Å². The summed E-state index contributed by atoms with van der Waals surface area (Å²) in [6.07, 6.45) is 1.36. The molecule has 1 aliphatic rings. The Morgan fingerprint density at radius 2 is 1.86 bits per heavy atom. The number of hydrogen-bond acceptors (Lipinski definition) is 7. The predicted octanol–water partition coefficient (Wildman–Crippen LogP) is 1.81. The topological polar surface area (TPSA) is 89.3 Å². The lowest BCUT2D eigenvalue weighted by molar-refractivity contribution is -0.140. The van der Waals surface area contributed by atoms with Crippen LogP contribution in [0.2, 0.25) is 0 Å². The quantitative estimate of drug-likeness (QED) is 0.379. The largest absolute Gasteiger partial charge is 0.493 e.